The van der Waals surface area contributed by atoms with Crippen molar-refractivity contribution in [3.63, 3.8) is 0 Å². The molecule has 0 aliphatic carbocycles. The van der Waals surface area contributed by atoms with Gasteiger partial charge < -0.3 is 45.2 Å². The number of primary amides is 1. The van der Waals surface area contributed by atoms with Gasteiger partial charge in [0.25, 0.3) is 0 Å². The average Bonchev–Trinajstić information content (AvgIpc) is 2.95. The first-order chi connectivity index (χ1) is 20.3. The summed E-state index contributed by atoms with van der Waals surface area (Å²) in [5, 5.41) is 7.98. The Kier molecular flexibility index (Phi) is 21.8. The van der Waals surface area contributed by atoms with E-state index in [1.165, 1.54) is 18.2 Å². The molecule has 0 spiro atoms. The summed E-state index contributed by atoms with van der Waals surface area (Å²) in [4.78, 5) is 23.5. The van der Waals surface area contributed by atoms with Crippen LogP contribution in [-0.2, 0) is 49.7 Å². The number of amides is 2. The van der Waals surface area contributed by atoms with Gasteiger partial charge >= 0.3 is 0 Å². The van der Waals surface area contributed by atoms with Crippen LogP contribution in [0.2, 0.25) is 0 Å². The molecule has 15 heteroatoms. The van der Waals surface area contributed by atoms with Crippen LogP contribution in [-0.4, -0.2) is 113 Å². The van der Waals surface area contributed by atoms with Gasteiger partial charge in [-0.3, -0.25) is 9.59 Å². The van der Waals surface area contributed by atoms with Gasteiger partial charge in [-0.2, -0.15) is 0 Å². The van der Waals surface area contributed by atoms with E-state index in [2.05, 4.69) is 5.32 Å². The lowest BCUT2D eigenvalue weighted by molar-refractivity contribution is -0.126. The summed E-state index contributed by atoms with van der Waals surface area (Å²) in [6.45, 7) is 6.00. The topological polar surface area (TPSA) is 214 Å². The lowest BCUT2D eigenvalue weighted by atomic mass is 10.0. The van der Waals surface area contributed by atoms with Crippen molar-refractivity contribution in [2.45, 2.75) is 37.0 Å². The van der Waals surface area contributed by atoms with Crippen molar-refractivity contribution in [2.24, 2.45) is 16.6 Å². The van der Waals surface area contributed by atoms with Crippen LogP contribution in [0.3, 0.4) is 0 Å². The number of nitrogens with two attached hydrogens (primary N) is 3. The maximum Gasteiger partial charge on any atom is 0.248 e. The normalized spacial score (nSPS) is 11.6. The Bertz CT molecular complexity index is 982. The molecule has 242 valence electrons. The van der Waals surface area contributed by atoms with Crippen LogP contribution in [0, 0.1) is 0 Å². The van der Waals surface area contributed by atoms with E-state index in [9.17, 15) is 18.0 Å². The smallest absolute Gasteiger partial charge is 0.248 e. The quantitative estimate of drug-likeness (QED) is 0.0893. The molecule has 0 atom stereocenters. The van der Waals surface area contributed by atoms with E-state index in [1.807, 2.05) is 0 Å². The van der Waals surface area contributed by atoms with Crippen molar-refractivity contribution < 1.29 is 46.4 Å². The zero-order chi connectivity index (χ0) is 30.9. The average molecular weight is 621 g/mol. The lowest BCUT2D eigenvalue weighted by Gasteiger charge is -2.09. The molecule has 0 bridgehead atoms. The summed E-state index contributed by atoms with van der Waals surface area (Å²) in [6.07, 6.45) is 3.68. The number of rotatable bonds is 28. The Balaban J connectivity index is 1.92. The molecule has 0 saturated heterocycles. The highest BCUT2D eigenvalue weighted by Crippen LogP contribution is 2.18. The van der Waals surface area contributed by atoms with Gasteiger partial charge in [-0.25, -0.2) is 13.6 Å². The molecule has 0 saturated carbocycles. The third-order valence-electron chi connectivity index (χ3n) is 5.72. The van der Waals surface area contributed by atoms with E-state index < -0.39 is 15.9 Å². The molecular formula is C27H48N4O10S. The van der Waals surface area contributed by atoms with Gasteiger partial charge in [0, 0.05) is 18.7 Å². The highest BCUT2D eigenvalue weighted by Gasteiger charge is 2.14. The number of ether oxygens (including phenoxy) is 6. The second kappa shape index (κ2) is 24.3. The lowest BCUT2D eigenvalue weighted by Crippen LogP contribution is -2.29. The van der Waals surface area contributed by atoms with Crippen molar-refractivity contribution in [1.82, 2.24) is 5.32 Å². The van der Waals surface area contributed by atoms with Gasteiger partial charge in [-0.05, 0) is 43.0 Å². The Hall–Kier alpha value is -2.21. The first-order valence-electron chi connectivity index (χ1n) is 14.1. The van der Waals surface area contributed by atoms with Crippen molar-refractivity contribution in [1.29, 1.82) is 0 Å². The molecule has 1 rings (SSSR count). The van der Waals surface area contributed by atoms with Gasteiger partial charge in [-0.1, -0.05) is 12.8 Å². The van der Waals surface area contributed by atoms with Crippen molar-refractivity contribution in [2.75, 3.05) is 92.4 Å². The number of hydrogen-bond acceptors (Lipinski definition) is 11. The molecule has 7 N–H and O–H groups in total. The third kappa shape index (κ3) is 19.8. The van der Waals surface area contributed by atoms with Gasteiger partial charge in [0.05, 0.1) is 77.6 Å². The summed E-state index contributed by atoms with van der Waals surface area (Å²) in [5.74, 6) is -0.817. The molecule has 0 unspecified atom stereocenters. The van der Waals surface area contributed by atoms with Crippen LogP contribution in [0.1, 0.15) is 41.6 Å². The Morgan fingerprint density at radius 3 is 1.71 bits per heavy atom. The SMILES string of the molecule is NCCOCCOCCOCCOCCOCCOCC(=O)NCCCCCCc1cc(S(N)(=O)=O)ccc1C(N)=O. The van der Waals surface area contributed by atoms with Crippen LogP contribution >= 0.6 is 0 Å². The number of unbranched alkanes of at least 4 members (excludes halogenated alkanes) is 3. The van der Waals surface area contributed by atoms with E-state index in [4.69, 9.17) is 45.0 Å². The largest absolute Gasteiger partial charge is 0.378 e. The minimum atomic E-state index is -3.87. The van der Waals surface area contributed by atoms with E-state index >= 15 is 0 Å². The third-order valence-corrected chi connectivity index (χ3v) is 6.63. The molecule has 0 aliphatic rings. The maximum atomic E-state index is 11.9. The first kappa shape index (κ1) is 37.8. The fourth-order valence-electron chi connectivity index (χ4n) is 3.61. The molecule has 14 nitrogen and oxygen atoms in total. The number of hydrogen-bond donors (Lipinski definition) is 4. The first-order valence-corrected chi connectivity index (χ1v) is 15.7. The number of nitrogens with one attached hydrogen (secondary N) is 1. The summed E-state index contributed by atoms with van der Waals surface area (Å²) >= 11 is 0. The number of aryl methyl sites for hydroxylation is 1. The predicted octanol–water partition coefficient (Wildman–Crippen LogP) is -0.290. The molecular weight excluding hydrogens is 572 g/mol. The van der Waals surface area contributed by atoms with Crippen molar-refractivity contribution >= 4 is 21.8 Å². The maximum absolute atomic E-state index is 11.9. The van der Waals surface area contributed by atoms with Gasteiger partial charge in [0.15, 0.2) is 0 Å². The van der Waals surface area contributed by atoms with Gasteiger partial charge in [-0.15, -0.1) is 0 Å². The van der Waals surface area contributed by atoms with Crippen molar-refractivity contribution in [3.8, 4) is 0 Å². The highest BCUT2D eigenvalue weighted by molar-refractivity contribution is 7.89. The zero-order valence-corrected chi connectivity index (χ0v) is 25.2. The molecule has 1 aromatic carbocycles. The molecule has 42 heavy (non-hydrogen) atoms. The minimum Gasteiger partial charge on any atom is -0.378 e. The zero-order valence-electron chi connectivity index (χ0n) is 24.4. The summed E-state index contributed by atoms with van der Waals surface area (Å²) in [5.41, 5.74) is 11.5. The number of sulfonamides is 1. The molecule has 2 amide bonds. The fourth-order valence-corrected chi connectivity index (χ4v) is 4.18. The summed E-state index contributed by atoms with van der Waals surface area (Å²) < 4.78 is 55.2. The molecule has 0 aromatic heterocycles. The summed E-state index contributed by atoms with van der Waals surface area (Å²) in [7, 11) is -3.87. The predicted molar refractivity (Wildman–Crippen MR) is 155 cm³/mol. The van der Waals surface area contributed by atoms with Crippen LogP contribution in [0.5, 0.6) is 0 Å². The van der Waals surface area contributed by atoms with Crippen LogP contribution in [0.15, 0.2) is 23.1 Å². The van der Waals surface area contributed by atoms with Crippen molar-refractivity contribution in [3.05, 3.63) is 29.3 Å². The van der Waals surface area contributed by atoms with Gasteiger partial charge in [0.1, 0.15) is 6.61 Å². The van der Waals surface area contributed by atoms with E-state index in [1.54, 1.807) is 0 Å². The second-order valence-electron chi connectivity index (χ2n) is 9.15. The Morgan fingerprint density at radius 2 is 1.21 bits per heavy atom. The van der Waals surface area contributed by atoms with Crippen LogP contribution in [0.25, 0.3) is 0 Å². The minimum absolute atomic E-state index is 0.0437. The number of carbonyl (C=O) groups excluding carboxylic acids is 2. The van der Waals surface area contributed by atoms with E-state index in [0.717, 1.165) is 25.7 Å². The van der Waals surface area contributed by atoms with Crippen LogP contribution in [0.4, 0.5) is 0 Å². The summed E-state index contributed by atoms with van der Waals surface area (Å²) in [6, 6.07) is 4.06. The molecule has 0 radical (unpaired) electrons. The molecule has 0 heterocycles. The molecule has 0 aliphatic heterocycles. The number of carbonyl (C=O) groups is 2. The second-order valence-corrected chi connectivity index (χ2v) is 10.7. The van der Waals surface area contributed by atoms with Crippen LogP contribution < -0.4 is 21.9 Å². The Labute approximate surface area is 248 Å². The number of primary sulfonamides is 1. The monoisotopic (exact) mass is 620 g/mol. The number of benzene rings is 1. The van der Waals surface area contributed by atoms with E-state index in [-0.39, 0.29) is 23.0 Å². The fraction of sp³-hybridized carbons (Fsp3) is 0.704. The molecule has 0 fully saturated rings. The highest BCUT2D eigenvalue weighted by atomic mass is 32.2. The van der Waals surface area contributed by atoms with E-state index in [0.29, 0.717) is 97.7 Å². The Morgan fingerprint density at radius 1 is 0.714 bits per heavy atom. The van der Waals surface area contributed by atoms with Gasteiger partial charge in [0.2, 0.25) is 21.8 Å². The molecule has 1 aromatic rings. The standard InChI is InChI=1S/C27H48N4O10S/c28-8-10-36-11-12-37-13-14-38-15-16-39-17-18-40-19-20-41-22-26(32)31-9-4-2-1-3-5-23-21-24(42(30,34)35)6-7-25(23)27(29)33/h6-7,21H,1-5,8-20,22,28H2,(H2,29,33)(H,31,32)(H2,30,34,35).